The predicted molar refractivity (Wildman–Crippen MR) is 148 cm³/mol. The lowest BCUT2D eigenvalue weighted by Crippen LogP contribution is -2.48. The lowest BCUT2D eigenvalue weighted by Gasteiger charge is -2.34. The number of methoxy groups -OCH3 is 2. The molecule has 0 unspecified atom stereocenters. The van der Waals surface area contributed by atoms with E-state index in [-0.39, 0.29) is 24.3 Å². The van der Waals surface area contributed by atoms with Gasteiger partial charge < -0.3 is 28.7 Å². The maximum atomic E-state index is 13.1. The number of carbonyl (C=O) groups excluding carboxylic acids is 2. The highest BCUT2D eigenvalue weighted by Crippen LogP contribution is 2.30. The zero-order valence-electron chi connectivity index (χ0n) is 23.0. The summed E-state index contributed by atoms with van der Waals surface area (Å²) in [4.78, 5) is 36.5. The molecule has 0 aliphatic carbocycles. The molecule has 0 bridgehead atoms. The molecule has 39 heavy (non-hydrogen) atoms. The number of piperazine rings is 1. The van der Waals surface area contributed by atoms with E-state index < -0.39 is 0 Å². The van der Waals surface area contributed by atoms with Crippen LogP contribution < -0.4 is 4.74 Å². The number of amides is 2. The van der Waals surface area contributed by atoms with Crippen LogP contribution >= 0.6 is 11.3 Å². The van der Waals surface area contributed by atoms with Crippen molar-refractivity contribution < 1.29 is 28.5 Å². The smallest absolute Gasteiger partial charge is 0.273 e. The Balaban J connectivity index is 1.15. The fraction of sp³-hybridized carbons (Fsp3) is 0.607. The number of likely N-dealkylation sites (tertiary alicyclic amines) is 1. The molecule has 2 aliphatic rings. The molecule has 2 fully saturated rings. The second-order valence-corrected chi connectivity index (χ2v) is 10.7. The number of rotatable bonds is 13. The molecular weight excluding hydrogens is 520 g/mol. The molecule has 214 valence electrons. The summed E-state index contributed by atoms with van der Waals surface area (Å²) in [5.74, 6) is 1.15. The van der Waals surface area contributed by atoms with E-state index in [1.165, 1.54) is 5.56 Å². The fourth-order valence-electron chi connectivity index (χ4n) is 4.82. The van der Waals surface area contributed by atoms with Gasteiger partial charge >= 0.3 is 0 Å². The number of hydrogen-bond donors (Lipinski definition) is 0. The molecule has 2 aliphatic heterocycles. The number of ether oxygens (including phenoxy) is 4. The van der Waals surface area contributed by atoms with Crippen LogP contribution in [0.25, 0.3) is 0 Å². The molecule has 0 saturated carbocycles. The van der Waals surface area contributed by atoms with Gasteiger partial charge in [0.05, 0.1) is 38.5 Å². The van der Waals surface area contributed by atoms with Gasteiger partial charge in [0.25, 0.3) is 5.91 Å². The van der Waals surface area contributed by atoms with Crippen molar-refractivity contribution in [2.45, 2.75) is 25.3 Å². The molecule has 0 atom stereocenters. The fourth-order valence-corrected chi connectivity index (χ4v) is 5.79. The zero-order valence-corrected chi connectivity index (χ0v) is 23.8. The summed E-state index contributed by atoms with van der Waals surface area (Å²) in [6.07, 6.45) is 1.69. The lowest BCUT2D eigenvalue weighted by atomic mass is 9.97. The molecule has 0 N–H and O–H groups in total. The minimum atomic E-state index is 0.00600. The Morgan fingerprint density at radius 2 is 1.59 bits per heavy atom. The number of piperidine rings is 1. The first-order chi connectivity index (χ1) is 19.1. The molecule has 2 aromatic rings. The summed E-state index contributed by atoms with van der Waals surface area (Å²) in [5.41, 5.74) is 1.78. The van der Waals surface area contributed by atoms with Crippen molar-refractivity contribution >= 4 is 23.2 Å². The number of nitrogens with zero attached hydrogens (tertiary/aromatic N) is 4. The van der Waals surface area contributed by atoms with E-state index in [1.54, 1.807) is 25.6 Å². The topological polar surface area (TPSA) is 93.7 Å². The maximum Gasteiger partial charge on any atom is 0.273 e. The van der Waals surface area contributed by atoms with Gasteiger partial charge in [-0.1, -0.05) is 12.1 Å². The van der Waals surface area contributed by atoms with Crippen molar-refractivity contribution in [2.75, 3.05) is 86.5 Å². The van der Waals surface area contributed by atoms with E-state index in [0.29, 0.717) is 58.3 Å². The molecular formula is C28H40N4O6S. The van der Waals surface area contributed by atoms with Crippen LogP contribution in [-0.4, -0.2) is 118 Å². The van der Waals surface area contributed by atoms with Crippen LogP contribution in [0.1, 0.15) is 39.8 Å². The second kappa shape index (κ2) is 15.3. The summed E-state index contributed by atoms with van der Waals surface area (Å²) in [6.45, 7) is 7.27. The van der Waals surface area contributed by atoms with Crippen LogP contribution in [0.4, 0.5) is 0 Å². The molecule has 1 aromatic carbocycles. The summed E-state index contributed by atoms with van der Waals surface area (Å²) in [6, 6.07) is 8.14. The molecule has 3 heterocycles. The van der Waals surface area contributed by atoms with Gasteiger partial charge in [-0.05, 0) is 30.5 Å². The lowest BCUT2D eigenvalue weighted by molar-refractivity contribution is -0.137. The van der Waals surface area contributed by atoms with Crippen molar-refractivity contribution in [1.82, 2.24) is 19.7 Å². The molecule has 2 saturated heterocycles. The minimum Gasteiger partial charge on any atom is -0.497 e. The third-order valence-electron chi connectivity index (χ3n) is 7.19. The van der Waals surface area contributed by atoms with Gasteiger partial charge in [-0.25, -0.2) is 4.98 Å². The molecule has 1 aromatic heterocycles. The zero-order chi connectivity index (χ0) is 27.5. The summed E-state index contributed by atoms with van der Waals surface area (Å²) >= 11 is 1.56. The number of aromatic nitrogens is 1. The van der Waals surface area contributed by atoms with Gasteiger partial charge in [0, 0.05) is 64.2 Å². The Kier molecular flexibility index (Phi) is 11.5. The van der Waals surface area contributed by atoms with Crippen molar-refractivity contribution in [1.29, 1.82) is 0 Å². The molecule has 11 heteroatoms. The van der Waals surface area contributed by atoms with Gasteiger partial charge in [-0.2, -0.15) is 0 Å². The highest BCUT2D eigenvalue weighted by molar-refractivity contribution is 7.09. The molecule has 2 amide bonds. The van der Waals surface area contributed by atoms with Gasteiger partial charge in [0.2, 0.25) is 5.91 Å². The van der Waals surface area contributed by atoms with Gasteiger partial charge in [0.1, 0.15) is 18.1 Å². The van der Waals surface area contributed by atoms with Gasteiger partial charge in [-0.3, -0.25) is 14.5 Å². The molecule has 0 spiro atoms. The van der Waals surface area contributed by atoms with E-state index in [0.717, 1.165) is 43.2 Å². The largest absolute Gasteiger partial charge is 0.497 e. The van der Waals surface area contributed by atoms with E-state index in [2.05, 4.69) is 17.0 Å². The quantitative estimate of drug-likeness (QED) is 0.345. The van der Waals surface area contributed by atoms with Crippen molar-refractivity contribution in [3.8, 4) is 5.75 Å². The van der Waals surface area contributed by atoms with Crippen LogP contribution in [0.5, 0.6) is 5.75 Å². The Bertz CT molecular complexity index is 1030. The molecule has 4 rings (SSSR count). The van der Waals surface area contributed by atoms with Crippen molar-refractivity contribution in [3.05, 3.63) is 45.9 Å². The highest BCUT2D eigenvalue weighted by atomic mass is 32.1. The average Bonchev–Trinajstić information content (AvgIpc) is 3.48. The Morgan fingerprint density at radius 3 is 2.28 bits per heavy atom. The molecule has 10 nitrogen and oxygen atoms in total. The SMILES string of the molecule is COCCOCCOCC(=O)N1CCC(c2nc(C(=O)N3CCN(Cc4ccc(OC)cc4)CC3)cs2)CC1. The van der Waals surface area contributed by atoms with E-state index in [1.807, 2.05) is 27.3 Å². The van der Waals surface area contributed by atoms with Gasteiger partial charge in [-0.15, -0.1) is 11.3 Å². The van der Waals surface area contributed by atoms with Crippen LogP contribution in [-0.2, 0) is 25.5 Å². The Hall–Kier alpha value is -2.57. The summed E-state index contributed by atoms with van der Waals surface area (Å²) < 4.78 is 21.0. The monoisotopic (exact) mass is 560 g/mol. The number of thiazole rings is 1. The van der Waals surface area contributed by atoms with E-state index in [9.17, 15) is 9.59 Å². The number of benzene rings is 1. The first kappa shape index (κ1) is 29.4. The van der Waals surface area contributed by atoms with E-state index in [4.69, 9.17) is 23.9 Å². The summed E-state index contributed by atoms with van der Waals surface area (Å²) in [5, 5.41) is 2.88. The normalized spacial score (nSPS) is 17.0. The third-order valence-corrected chi connectivity index (χ3v) is 8.20. The summed E-state index contributed by atoms with van der Waals surface area (Å²) in [7, 11) is 3.30. The highest BCUT2D eigenvalue weighted by Gasteiger charge is 2.28. The maximum absolute atomic E-state index is 13.1. The third kappa shape index (κ3) is 8.71. The van der Waals surface area contributed by atoms with Crippen molar-refractivity contribution in [2.24, 2.45) is 0 Å². The Labute approximate surface area is 234 Å². The first-order valence-electron chi connectivity index (χ1n) is 13.6. The van der Waals surface area contributed by atoms with Crippen LogP contribution in [0.15, 0.2) is 29.6 Å². The number of hydrogen-bond acceptors (Lipinski definition) is 9. The Morgan fingerprint density at radius 1 is 0.897 bits per heavy atom. The van der Waals surface area contributed by atoms with Crippen LogP contribution in [0.2, 0.25) is 0 Å². The van der Waals surface area contributed by atoms with Crippen LogP contribution in [0.3, 0.4) is 0 Å². The van der Waals surface area contributed by atoms with E-state index >= 15 is 0 Å². The van der Waals surface area contributed by atoms with Crippen LogP contribution in [0, 0.1) is 0 Å². The van der Waals surface area contributed by atoms with Gasteiger partial charge in [0.15, 0.2) is 0 Å². The number of carbonyl (C=O) groups is 2. The molecule has 0 radical (unpaired) electrons. The second-order valence-electron chi connectivity index (χ2n) is 9.80. The first-order valence-corrected chi connectivity index (χ1v) is 14.5. The predicted octanol–water partition coefficient (Wildman–Crippen LogP) is 2.50. The average molecular weight is 561 g/mol. The minimum absolute atomic E-state index is 0.00600. The standard InChI is InChI=1S/C28H40N4O6S/c1-35-15-16-37-17-18-38-20-26(33)31-9-7-23(8-10-31)27-29-25(21-39-27)28(34)32-13-11-30(12-14-32)19-22-3-5-24(36-2)6-4-22/h3-6,21,23H,7-20H2,1-2H3. The van der Waals surface area contributed by atoms with Crippen molar-refractivity contribution in [3.63, 3.8) is 0 Å².